The molecule has 0 N–H and O–H groups in total. The Morgan fingerprint density at radius 2 is 1.27 bits per heavy atom. The van der Waals surface area contributed by atoms with E-state index in [1.165, 1.54) is 88.8 Å². The van der Waals surface area contributed by atoms with E-state index >= 15 is 0 Å². The smallest absolute Gasteiger partial charge is 0.192 e. The summed E-state index contributed by atoms with van der Waals surface area (Å²) >= 11 is 0. The molecular weight excluding hydrogens is 284 g/mol. The second-order valence-electron chi connectivity index (χ2n) is 7.09. The summed E-state index contributed by atoms with van der Waals surface area (Å²) in [5, 5.41) is 0. The van der Waals surface area contributed by atoms with Crippen molar-refractivity contribution in [2.45, 2.75) is 116 Å². The maximum Gasteiger partial charge on any atom is 0.192 e. The van der Waals surface area contributed by atoms with Gasteiger partial charge in [-0.1, -0.05) is 84.3 Å². The molecule has 0 fully saturated rings. The molecule has 1 atom stereocenters. The fraction of sp³-hybridized carbons (Fsp3) is 0.900. The highest BCUT2D eigenvalue weighted by molar-refractivity contribution is 6.73. The summed E-state index contributed by atoms with van der Waals surface area (Å²) in [6.07, 6.45) is 20.4. The number of rotatable bonds is 5. The summed E-state index contributed by atoms with van der Waals surface area (Å²) in [6, 6.07) is 3.80. The van der Waals surface area contributed by atoms with Crippen molar-refractivity contribution in [2.24, 2.45) is 0 Å². The lowest BCUT2D eigenvalue weighted by molar-refractivity contribution is 0.217. The van der Waals surface area contributed by atoms with Crippen molar-refractivity contribution in [1.82, 2.24) is 0 Å². The van der Waals surface area contributed by atoms with Crippen LogP contribution in [0.1, 0.15) is 91.4 Å². The third kappa shape index (κ3) is 7.96. The summed E-state index contributed by atoms with van der Waals surface area (Å²) in [7, 11) is -1.46. The highest BCUT2D eigenvalue weighted by Gasteiger charge is 2.31. The van der Waals surface area contributed by atoms with Crippen LogP contribution in [0, 0.1) is 0 Å². The molecule has 1 nitrogen and oxygen atoms in total. The minimum atomic E-state index is -1.46. The first kappa shape index (κ1) is 20.0. The molecule has 0 amide bonds. The standard InChI is InChI=1S/C20H40OSi/c1-4-22(5-2,6-3)21-20-18-16-14-12-10-8-7-9-11-13-15-17-19-20/h16,18,20H,4-15,17,19H2,1-3H3/b18-16+. The third-order valence-corrected chi connectivity index (χ3v) is 10.2. The van der Waals surface area contributed by atoms with E-state index in [1.807, 2.05) is 0 Å². The SMILES string of the molecule is CC[Si](CC)(CC)OC1/C=C/CCCCCCCCCCC1. The molecule has 1 aliphatic carbocycles. The van der Waals surface area contributed by atoms with Gasteiger partial charge in [0.15, 0.2) is 8.32 Å². The predicted molar refractivity (Wildman–Crippen MR) is 102 cm³/mol. The Kier molecular flexibility index (Phi) is 11.2. The molecule has 130 valence electrons. The van der Waals surface area contributed by atoms with E-state index in [1.54, 1.807) is 0 Å². The molecule has 1 rings (SSSR count). The van der Waals surface area contributed by atoms with Gasteiger partial charge in [0.05, 0.1) is 6.10 Å². The molecule has 1 unspecified atom stereocenters. The molecule has 0 heterocycles. The van der Waals surface area contributed by atoms with Crippen molar-refractivity contribution in [2.75, 3.05) is 0 Å². The quantitative estimate of drug-likeness (QED) is 0.382. The topological polar surface area (TPSA) is 9.23 Å². The minimum Gasteiger partial charge on any atom is -0.411 e. The Morgan fingerprint density at radius 1 is 0.773 bits per heavy atom. The molecule has 0 aromatic rings. The van der Waals surface area contributed by atoms with Crippen LogP contribution in [0.5, 0.6) is 0 Å². The Balaban J connectivity index is 2.57. The van der Waals surface area contributed by atoms with Crippen LogP contribution in [-0.2, 0) is 4.43 Å². The van der Waals surface area contributed by atoms with Crippen LogP contribution in [0.4, 0.5) is 0 Å². The zero-order chi connectivity index (χ0) is 16.1. The Hall–Kier alpha value is -0.0831. The van der Waals surface area contributed by atoms with Crippen LogP contribution in [0.2, 0.25) is 18.1 Å². The lowest BCUT2D eigenvalue weighted by Crippen LogP contribution is -2.39. The molecule has 0 spiro atoms. The fourth-order valence-corrected chi connectivity index (χ4v) is 6.45. The molecule has 0 aromatic heterocycles. The van der Waals surface area contributed by atoms with E-state index in [0.29, 0.717) is 6.10 Å². The first-order valence-corrected chi connectivity index (χ1v) is 12.6. The van der Waals surface area contributed by atoms with Gasteiger partial charge in [-0.05, 0) is 37.4 Å². The monoisotopic (exact) mass is 324 g/mol. The molecule has 0 aromatic carbocycles. The van der Waals surface area contributed by atoms with Crippen LogP contribution >= 0.6 is 0 Å². The molecule has 1 aliphatic rings. The van der Waals surface area contributed by atoms with Crippen molar-refractivity contribution in [3.63, 3.8) is 0 Å². The summed E-state index contributed by atoms with van der Waals surface area (Å²) in [5.74, 6) is 0. The Bertz CT molecular complexity index is 275. The van der Waals surface area contributed by atoms with Crippen LogP contribution < -0.4 is 0 Å². The second kappa shape index (κ2) is 12.4. The third-order valence-electron chi connectivity index (χ3n) is 5.54. The van der Waals surface area contributed by atoms with Crippen LogP contribution in [-0.4, -0.2) is 14.4 Å². The van der Waals surface area contributed by atoms with Gasteiger partial charge in [0.2, 0.25) is 0 Å². The van der Waals surface area contributed by atoms with Gasteiger partial charge >= 0.3 is 0 Å². The van der Waals surface area contributed by atoms with Gasteiger partial charge in [-0.15, -0.1) is 0 Å². The average molecular weight is 325 g/mol. The fourth-order valence-electron chi connectivity index (χ4n) is 3.61. The van der Waals surface area contributed by atoms with Crippen molar-refractivity contribution in [3.8, 4) is 0 Å². The minimum absolute atomic E-state index is 0.398. The van der Waals surface area contributed by atoms with E-state index in [2.05, 4.69) is 32.9 Å². The van der Waals surface area contributed by atoms with Gasteiger partial charge in [-0.2, -0.15) is 0 Å². The van der Waals surface area contributed by atoms with Gasteiger partial charge in [0, 0.05) is 0 Å². The molecule has 0 radical (unpaired) electrons. The average Bonchev–Trinajstić information content (AvgIpc) is 2.56. The number of hydrogen-bond acceptors (Lipinski definition) is 1. The van der Waals surface area contributed by atoms with Crippen LogP contribution in [0.25, 0.3) is 0 Å². The highest BCUT2D eigenvalue weighted by Crippen LogP contribution is 2.26. The first-order chi connectivity index (χ1) is 10.8. The van der Waals surface area contributed by atoms with Crippen LogP contribution in [0.3, 0.4) is 0 Å². The number of allylic oxidation sites excluding steroid dienone is 1. The van der Waals surface area contributed by atoms with E-state index in [4.69, 9.17) is 4.43 Å². The van der Waals surface area contributed by atoms with Gasteiger partial charge < -0.3 is 4.43 Å². The number of hydrogen-bond donors (Lipinski definition) is 0. The Morgan fingerprint density at radius 3 is 1.82 bits per heavy atom. The van der Waals surface area contributed by atoms with Crippen molar-refractivity contribution < 1.29 is 4.43 Å². The molecule has 0 saturated carbocycles. The molecule has 22 heavy (non-hydrogen) atoms. The van der Waals surface area contributed by atoms with Crippen LogP contribution in [0.15, 0.2) is 12.2 Å². The van der Waals surface area contributed by atoms with Gasteiger partial charge in [0.1, 0.15) is 0 Å². The molecule has 2 heteroatoms. The van der Waals surface area contributed by atoms with E-state index in [0.717, 1.165) is 0 Å². The van der Waals surface area contributed by atoms with E-state index in [9.17, 15) is 0 Å². The van der Waals surface area contributed by atoms with Crippen molar-refractivity contribution in [1.29, 1.82) is 0 Å². The lowest BCUT2D eigenvalue weighted by Gasteiger charge is -2.32. The molecular formula is C20H40OSi. The second-order valence-corrected chi connectivity index (χ2v) is 11.8. The lowest BCUT2D eigenvalue weighted by atomic mass is 10.0. The first-order valence-electron chi connectivity index (χ1n) is 10.1. The maximum atomic E-state index is 6.74. The van der Waals surface area contributed by atoms with Gasteiger partial charge in [0.25, 0.3) is 0 Å². The summed E-state index contributed by atoms with van der Waals surface area (Å²) in [5.41, 5.74) is 0. The summed E-state index contributed by atoms with van der Waals surface area (Å²) in [6.45, 7) is 7.02. The van der Waals surface area contributed by atoms with Crippen molar-refractivity contribution in [3.05, 3.63) is 12.2 Å². The Labute approximate surface area is 141 Å². The summed E-state index contributed by atoms with van der Waals surface area (Å²) in [4.78, 5) is 0. The largest absolute Gasteiger partial charge is 0.411 e. The van der Waals surface area contributed by atoms with Crippen molar-refractivity contribution >= 4 is 8.32 Å². The zero-order valence-corrected chi connectivity index (χ0v) is 16.5. The highest BCUT2D eigenvalue weighted by atomic mass is 28.4. The van der Waals surface area contributed by atoms with Gasteiger partial charge in [-0.25, -0.2) is 0 Å². The van der Waals surface area contributed by atoms with E-state index in [-0.39, 0.29) is 0 Å². The molecule has 0 aliphatic heterocycles. The predicted octanol–water partition coefficient (Wildman–Crippen LogP) is 7.24. The molecule has 0 bridgehead atoms. The van der Waals surface area contributed by atoms with Gasteiger partial charge in [-0.3, -0.25) is 0 Å². The molecule has 0 saturated heterocycles. The normalized spacial score (nSPS) is 24.6. The zero-order valence-electron chi connectivity index (χ0n) is 15.5. The summed E-state index contributed by atoms with van der Waals surface area (Å²) < 4.78 is 6.74. The maximum absolute atomic E-state index is 6.74. The van der Waals surface area contributed by atoms with E-state index < -0.39 is 8.32 Å².